The normalized spacial score (nSPS) is 19.3. The molecule has 106 valence electrons. The highest BCUT2D eigenvalue weighted by atomic mass is 32.1. The van der Waals surface area contributed by atoms with Crippen LogP contribution < -0.4 is 4.90 Å². The third kappa shape index (κ3) is 3.13. The number of aromatic nitrogens is 2. The van der Waals surface area contributed by atoms with Gasteiger partial charge in [-0.05, 0) is 24.6 Å². The first-order valence-corrected chi connectivity index (χ1v) is 7.46. The number of rotatable bonds is 3. The van der Waals surface area contributed by atoms with Crippen LogP contribution in [0.4, 0.5) is 9.52 Å². The Morgan fingerprint density at radius 2 is 2.15 bits per heavy atom. The zero-order chi connectivity index (χ0) is 13.9. The highest BCUT2D eigenvalue weighted by Gasteiger charge is 2.20. The molecule has 0 saturated carbocycles. The predicted octanol–water partition coefficient (Wildman–Crippen LogP) is 2.49. The van der Waals surface area contributed by atoms with Crippen LogP contribution in [0.2, 0.25) is 0 Å². The van der Waals surface area contributed by atoms with Gasteiger partial charge in [-0.2, -0.15) is 0 Å². The standard InChI is InChI=1S/C14H16FN3OS/c1-10-9-18(6-7-19-10)14-17-16-13(20-14)8-11-2-4-12(15)5-3-11/h2-5,10H,6-9H2,1H3. The SMILES string of the molecule is CC1CN(c2nnc(Cc3ccc(F)cc3)s2)CCO1. The Balaban J connectivity index is 1.68. The molecule has 2 aromatic rings. The fourth-order valence-corrected chi connectivity index (χ4v) is 3.12. The van der Waals surface area contributed by atoms with E-state index in [-0.39, 0.29) is 11.9 Å². The molecule has 0 N–H and O–H groups in total. The van der Waals surface area contributed by atoms with Crippen molar-refractivity contribution in [1.82, 2.24) is 10.2 Å². The van der Waals surface area contributed by atoms with Crippen molar-refractivity contribution in [3.05, 3.63) is 40.7 Å². The molecule has 0 amide bonds. The molecule has 0 radical (unpaired) electrons. The van der Waals surface area contributed by atoms with Gasteiger partial charge in [-0.25, -0.2) is 4.39 Å². The smallest absolute Gasteiger partial charge is 0.208 e. The second-order valence-electron chi connectivity index (χ2n) is 4.91. The molecule has 20 heavy (non-hydrogen) atoms. The fraction of sp³-hybridized carbons (Fsp3) is 0.429. The number of ether oxygens (including phenoxy) is 1. The summed E-state index contributed by atoms with van der Waals surface area (Å²) < 4.78 is 18.4. The number of benzene rings is 1. The lowest BCUT2D eigenvalue weighted by Gasteiger charge is -2.30. The Bertz CT molecular complexity index is 572. The molecule has 4 nitrogen and oxygen atoms in total. The summed E-state index contributed by atoms with van der Waals surface area (Å²) in [6.45, 7) is 4.50. The summed E-state index contributed by atoms with van der Waals surface area (Å²) >= 11 is 1.59. The summed E-state index contributed by atoms with van der Waals surface area (Å²) in [6.07, 6.45) is 0.922. The third-order valence-corrected chi connectivity index (χ3v) is 4.22. The highest BCUT2D eigenvalue weighted by Crippen LogP contribution is 2.24. The van der Waals surface area contributed by atoms with Crippen LogP contribution in [0.15, 0.2) is 24.3 Å². The molecule has 1 atom stereocenters. The molecular formula is C14H16FN3OS. The van der Waals surface area contributed by atoms with Crippen LogP contribution in [0, 0.1) is 5.82 Å². The second-order valence-corrected chi connectivity index (χ2v) is 5.95. The molecule has 1 aliphatic rings. The first-order chi connectivity index (χ1) is 9.70. The molecule has 0 spiro atoms. The van der Waals surface area contributed by atoms with Gasteiger partial charge < -0.3 is 9.64 Å². The van der Waals surface area contributed by atoms with Crippen LogP contribution >= 0.6 is 11.3 Å². The molecule has 0 bridgehead atoms. The lowest BCUT2D eigenvalue weighted by Crippen LogP contribution is -2.41. The van der Waals surface area contributed by atoms with Gasteiger partial charge in [-0.1, -0.05) is 23.5 Å². The number of anilines is 1. The topological polar surface area (TPSA) is 38.2 Å². The van der Waals surface area contributed by atoms with E-state index in [2.05, 4.69) is 22.0 Å². The molecule has 1 aliphatic heterocycles. The fourth-order valence-electron chi connectivity index (χ4n) is 2.21. The molecule has 1 aromatic heterocycles. The third-order valence-electron chi connectivity index (χ3n) is 3.24. The second kappa shape index (κ2) is 5.85. The van der Waals surface area contributed by atoms with Crippen molar-refractivity contribution in [2.24, 2.45) is 0 Å². The van der Waals surface area contributed by atoms with Crippen LogP contribution in [-0.2, 0) is 11.2 Å². The van der Waals surface area contributed by atoms with Gasteiger partial charge >= 0.3 is 0 Å². The van der Waals surface area contributed by atoms with Crippen molar-refractivity contribution >= 4 is 16.5 Å². The minimum absolute atomic E-state index is 0.214. The minimum Gasteiger partial charge on any atom is -0.375 e. The van der Waals surface area contributed by atoms with E-state index in [1.54, 1.807) is 23.5 Å². The highest BCUT2D eigenvalue weighted by molar-refractivity contribution is 7.15. The van der Waals surface area contributed by atoms with Gasteiger partial charge in [-0.3, -0.25) is 0 Å². The summed E-state index contributed by atoms with van der Waals surface area (Å²) in [5.74, 6) is -0.214. The van der Waals surface area contributed by atoms with Crippen LogP contribution in [0.5, 0.6) is 0 Å². The van der Waals surface area contributed by atoms with E-state index in [1.807, 2.05) is 0 Å². The number of hydrogen-bond acceptors (Lipinski definition) is 5. The maximum absolute atomic E-state index is 12.9. The first kappa shape index (κ1) is 13.5. The van der Waals surface area contributed by atoms with Gasteiger partial charge in [0, 0.05) is 19.5 Å². The number of morpholine rings is 1. The molecule has 1 fully saturated rings. The van der Waals surface area contributed by atoms with Crippen molar-refractivity contribution in [1.29, 1.82) is 0 Å². The van der Waals surface area contributed by atoms with E-state index in [0.717, 1.165) is 35.4 Å². The number of halogens is 1. The molecule has 1 unspecified atom stereocenters. The summed E-state index contributed by atoms with van der Waals surface area (Å²) in [7, 11) is 0. The van der Waals surface area contributed by atoms with E-state index < -0.39 is 0 Å². The van der Waals surface area contributed by atoms with Gasteiger partial charge in [0.05, 0.1) is 12.7 Å². The van der Waals surface area contributed by atoms with Crippen LogP contribution in [-0.4, -0.2) is 36.0 Å². The first-order valence-electron chi connectivity index (χ1n) is 6.64. The lowest BCUT2D eigenvalue weighted by molar-refractivity contribution is 0.0531. The van der Waals surface area contributed by atoms with Crippen LogP contribution in [0.25, 0.3) is 0 Å². The Morgan fingerprint density at radius 3 is 2.90 bits per heavy atom. The van der Waals surface area contributed by atoms with Crippen LogP contribution in [0.1, 0.15) is 17.5 Å². The molecule has 3 rings (SSSR count). The van der Waals surface area contributed by atoms with E-state index >= 15 is 0 Å². The molecule has 0 aliphatic carbocycles. The van der Waals surface area contributed by atoms with E-state index in [9.17, 15) is 4.39 Å². The average Bonchev–Trinajstić information content (AvgIpc) is 2.90. The predicted molar refractivity (Wildman–Crippen MR) is 76.7 cm³/mol. The van der Waals surface area contributed by atoms with Crippen molar-refractivity contribution in [2.75, 3.05) is 24.6 Å². The van der Waals surface area contributed by atoms with E-state index in [4.69, 9.17) is 4.74 Å². The Labute approximate surface area is 121 Å². The molecule has 6 heteroatoms. The maximum atomic E-state index is 12.9. The Hall–Kier alpha value is -1.53. The average molecular weight is 293 g/mol. The van der Waals surface area contributed by atoms with Gasteiger partial charge in [-0.15, -0.1) is 10.2 Å². The monoisotopic (exact) mass is 293 g/mol. The van der Waals surface area contributed by atoms with E-state index in [1.165, 1.54) is 12.1 Å². The minimum atomic E-state index is -0.214. The van der Waals surface area contributed by atoms with Crippen molar-refractivity contribution in [3.8, 4) is 0 Å². The van der Waals surface area contributed by atoms with Crippen molar-refractivity contribution in [3.63, 3.8) is 0 Å². The van der Waals surface area contributed by atoms with Crippen molar-refractivity contribution in [2.45, 2.75) is 19.4 Å². The summed E-state index contributed by atoms with van der Waals surface area (Å²) in [6, 6.07) is 6.52. The maximum Gasteiger partial charge on any atom is 0.208 e. The van der Waals surface area contributed by atoms with Gasteiger partial charge in [0.25, 0.3) is 0 Å². The van der Waals surface area contributed by atoms with Gasteiger partial charge in [0.1, 0.15) is 10.8 Å². The summed E-state index contributed by atoms with van der Waals surface area (Å²) in [5, 5.41) is 10.4. The number of hydrogen-bond donors (Lipinski definition) is 0. The molecular weight excluding hydrogens is 277 g/mol. The zero-order valence-corrected chi connectivity index (χ0v) is 12.1. The molecule has 1 saturated heterocycles. The lowest BCUT2D eigenvalue weighted by atomic mass is 10.2. The largest absolute Gasteiger partial charge is 0.375 e. The van der Waals surface area contributed by atoms with E-state index in [0.29, 0.717) is 6.42 Å². The van der Waals surface area contributed by atoms with Crippen molar-refractivity contribution < 1.29 is 9.13 Å². The number of nitrogens with zero attached hydrogens (tertiary/aromatic N) is 3. The van der Waals surface area contributed by atoms with Gasteiger partial charge in [0.2, 0.25) is 5.13 Å². The summed E-state index contributed by atoms with van der Waals surface area (Å²) in [5.41, 5.74) is 1.05. The summed E-state index contributed by atoms with van der Waals surface area (Å²) in [4.78, 5) is 2.21. The van der Waals surface area contributed by atoms with Crippen LogP contribution in [0.3, 0.4) is 0 Å². The quantitative estimate of drug-likeness (QED) is 0.871. The Kier molecular flexibility index (Phi) is 3.93. The Morgan fingerprint density at radius 1 is 1.35 bits per heavy atom. The van der Waals surface area contributed by atoms with Gasteiger partial charge in [0.15, 0.2) is 0 Å². The zero-order valence-electron chi connectivity index (χ0n) is 11.3. The molecule has 2 heterocycles. The molecule has 1 aromatic carbocycles.